The minimum absolute atomic E-state index is 0.415. The van der Waals surface area contributed by atoms with Gasteiger partial charge in [0.1, 0.15) is 5.54 Å². The van der Waals surface area contributed by atoms with Gasteiger partial charge in [0.25, 0.3) is 0 Å². The summed E-state index contributed by atoms with van der Waals surface area (Å²) in [4.78, 5) is 4.93. The molecule has 4 aromatic carbocycles. The molecule has 1 aliphatic heterocycles. The van der Waals surface area contributed by atoms with Crippen LogP contribution in [0.3, 0.4) is 0 Å². The highest BCUT2D eigenvalue weighted by molar-refractivity contribution is 6.63. The van der Waals surface area contributed by atoms with E-state index >= 15 is 0 Å². The normalized spacial score (nSPS) is 16.7. The van der Waals surface area contributed by atoms with Crippen LogP contribution in [0.1, 0.15) is 49.9 Å². The van der Waals surface area contributed by atoms with Gasteiger partial charge in [-0.25, -0.2) is 4.98 Å². The first-order chi connectivity index (χ1) is 18.2. The van der Waals surface area contributed by atoms with Crippen molar-refractivity contribution in [1.82, 2.24) is 9.55 Å². The Balaban J connectivity index is 1.66. The van der Waals surface area contributed by atoms with Gasteiger partial charge < -0.3 is 13.9 Å². The fourth-order valence-electron chi connectivity index (χ4n) is 5.62. The van der Waals surface area contributed by atoms with Crippen molar-refractivity contribution in [3.8, 4) is 0 Å². The number of imidazole rings is 1. The second kappa shape index (κ2) is 8.97. The molecule has 0 N–H and O–H groups in total. The van der Waals surface area contributed by atoms with Gasteiger partial charge in [-0.3, -0.25) is 0 Å². The molecule has 1 aromatic heterocycles. The van der Waals surface area contributed by atoms with E-state index in [1.165, 1.54) is 0 Å². The minimum atomic E-state index is -0.638. The predicted octanol–water partition coefficient (Wildman–Crippen LogP) is 6.48. The molecular formula is C33H33BN2O2. The summed E-state index contributed by atoms with van der Waals surface area (Å²) in [5.41, 5.74) is 6.11. The molecule has 0 amide bonds. The van der Waals surface area contributed by atoms with Gasteiger partial charge in [-0.1, -0.05) is 91.0 Å². The number of fused-ring (bicyclic) bond motifs is 1. The number of hydrogen-bond acceptors (Lipinski definition) is 3. The molecule has 4 nitrogen and oxygen atoms in total. The molecule has 38 heavy (non-hydrogen) atoms. The van der Waals surface area contributed by atoms with E-state index in [2.05, 4.69) is 142 Å². The van der Waals surface area contributed by atoms with Crippen LogP contribution in [0, 0.1) is 6.92 Å². The highest BCUT2D eigenvalue weighted by Crippen LogP contribution is 2.43. The van der Waals surface area contributed by atoms with Crippen LogP contribution in [-0.2, 0) is 14.8 Å². The van der Waals surface area contributed by atoms with Gasteiger partial charge in [0.2, 0.25) is 0 Å². The third-order valence-corrected chi connectivity index (χ3v) is 8.38. The van der Waals surface area contributed by atoms with Crippen LogP contribution in [0.2, 0.25) is 0 Å². The van der Waals surface area contributed by atoms with E-state index in [9.17, 15) is 0 Å². The second-order valence-electron chi connectivity index (χ2n) is 11.2. The SMILES string of the molecule is Cc1cc2ncn(C(c3ccccc3)(c3ccccc3)c3ccccc3)c2cc1B1OC(C)(C)C(C)(C)O1. The lowest BCUT2D eigenvalue weighted by Gasteiger charge is -2.38. The van der Waals surface area contributed by atoms with E-state index in [0.717, 1.165) is 38.8 Å². The maximum absolute atomic E-state index is 6.48. The summed E-state index contributed by atoms with van der Waals surface area (Å²) in [5, 5.41) is 0. The summed E-state index contributed by atoms with van der Waals surface area (Å²) in [6.45, 7) is 10.5. The first-order valence-electron chi connectivity index (χ1n) is 13.2. The zero-order valence-corrected chi connectivity index (χ0v) is 22.7. The van der Waals surface area contributed by atoms with E-state index in [1.807, 2.05) is 6.33 Å². The lowest BCUT2D eigenvalue weighted by molar-refractivity contribution is 0.00578. The maximum Gasteiger partial charge on any atom is 0.495 e. The monoisotopic (exact) mass is 500 g/mol. The molecular weight excluding hydrogens is 467 g/mol. The second-order valence-corrected chi connectivity index (χ2v) is 11.2. The quantitative estimate of drug-likeness (QED) is 0.205. The molecule has 6 rings (SSSR count). The van der Waals surface area contributed by atoms with Crippen molar-refractivity contribution in [3.63, 3.8) is 0 Å². The Morgan fingerprint density at radius 2 is 1.13 bits per heavy atom. The first-order valence-corrected chi connectivity index (χ1v) is 13.2. The maximum atomic E-state index is 6.48. The van der Waals surface area contributed by atoms with Crippen LogP contribution in [-0.4, -0.2) is 27.9 Å². The Labute approximate surface area is 225 Å². The van der Waals surface area contributed by atoms with Crippen molar-refractivity contribution in [2.24, 2.45) is 0 Å². The van der Waals surface area contributed by atoms with Crippen molar-refractivity contribution in [1.29, 1.82) is 0 Å². The lowest BCUT2D eigenvalue weighted by atomic mass is 9.75. The largest absolute Gasteiger partial charge is 0.495 e. The van der Waals surface area contributed by atoms with Crippen LogP contribution >= 0.6 is 0 Å². The number of aryl methyl sites for hydroxylation is 1. The minimum Gasteiger partial charge on any atom is -0.399 e. The summed E-state index contributed by atoms with van der Waals surface area (Å²) in [6.07, 6.45) is 1.98. The lowest BCUT2D eigenvalue weighted by Crippen LogP contribution is -2.41. The van der Waals surface area contributed by atoms with E-state index in [1.54, 1.807) is 0 Å². The Kier molecular flexibility index (Phi) is 5.82. The third kappa shape index (κ3) is 3.72. The fourth-order valence-corrected chi connectivity index (χ4v) is 5.62. The van der Waals surface area contributed by atoms with Gasteiger partial charge in [0.05, 0.1) is 28.6 Å². The number of nitrogens with zero attached hydrogens (tertiary/aromatic N) is 2. The number of hydrogen-bond donors (Lipinski definition) is 0. The Hall–Kier alpha value is -3.67. The number of aromatic nitrogens is 2. The molecule has 2 heterocycles. The van der Waals surface area contributed by atoms with Gasteiger partial charge in [-0.05, 0) is 74.5 Å². The van der Waals surface area contributed by atoms with Gasteiger partial charge in [0, 0.05) is 0 Å². The average Bonchev–Trinajstić information content (AvgIpc) is 3.42. The highest BCUT2D eigenvalue weighted by atomic mass is 16.7. The summed E-state index contributed by atoms with van der Waals surface area (Å²) in [7, 11) is -0.452. The molecule has 0 saturated carbocycles. The molecule has 0 radical (unpaired) electrons. The van der Waals surface area contributed by atoms with Crippen LogP contribution in [0.15, 0.2) is 109 Å². The van der Waals surface area contributed by atoms with Crippen LogP contribution in [0.25, 0.3) is 11.0 Å². The van der Waals surface area contributed by atoms with E-state index in [0.29, 0.717) is 0 Å². The third-order valence-electron chi connectivity index (χ3n) is 8.38. The standard InChI is InChI=1S/C33H33BN2O2/c1-24-21-29-30(22-28(24)34-37-31(2,3)32(4,5)38-34)36(23-35-29)33(25-15-9-6-10-16-25,26-17-11-7-12-18-26)27-19-13-8-14-20-27/h6-23H,1-5H3. The Morgan fingerprint density at radius 3 is 1.58 bits per heavy atom. The van der Waals surface area contributed by atoms with Crippen molar-refractivity contribution in [2.75, 3.05) is 0 Å². The number of rotatable bonds is 5. The molecule has 1 saturated heterocycles. The Bertz CT molecular complexity index is 1460. The first kappa shape index (κ1) is 24.7. The molecule has 1 aliphatic rings. The molecule has 0 unspecified atom stereocenters. The summed E-state index contributed by atoms with van der Waals surface area (Å²) in [6, 6.07) is 36.4. The summed E-state index contributed by atoms with van der Waals surface area (Å²) >= 11 is 0. The zero-order valence-electron chi connectivity index (χ0n) is 22.7. The fraction of sp³-hybridized carbons (Fsp3) is 0.242. The molecule has 0 bridgehead atoms. The van der Waals surface area contributed by atoms with E-state index in [4.69, 9.17) is 14.3 Å². The topological polar surface area (TPSA) is 36.3 Å². The van der Waals surface area contributed by atoms with Crippen LogP contribution in [0.4, 0.5) is 0 Å². The van der Waals surface area contributed by atoms with Gasteiger partial charge in [-0.15, -0.1) is 0 Å². The van der Waals surface area contributed by atoms with Gasteiger partial charge in [-0.2, -0.15) is 0 Å². The predicted molar refractivity (Wildman–Crippen MR) is 155 cm³/mol. The Morgan fingerprint density at radius 1 is 0.684 bits per heavy atom. The van der Waals surface area contributed by atoms with Gasteiger partial charge in [0.15, 0.2) is 0 Å². The van der Waals surface area contributed by atoms with Gasteiger partial charge >= 0.3 is 7.12 Å². The van der Waals surface area contributed by atoms with Crippen LogP contribution < -0.4 is 5.46 Å². The molecule has 0 spiro atoms. The molecule has 5 heteroatoms. The number of benzene rings is 4. The highest BCUT2D eigenvalue weighted by Gasteiger charge is 2.52. The summed E-state index contributed by atoms with van der Waals surface area (Å²) < 4.78 is 15.3. The van der Waals surface area contributed by atoms with Crippen molar-refractivity contribution < 1.29 is 9.31 Å². The zero-order chi connectivity index (χ0) is 26.5. The van der Waals surface area contributed by atoms with Crippen molar-refractivity contribution >= 4 is 23.6 Å². The average molecular weight is 500 g/mol. The van der Waals surface area contributed by atoms with Crippen molar-refractivity contribution in [3.05, 3.63) is 132 Å². The smallest absolute Gasteiger partial charge is 0.399 e. The van der Waals surface area contributed by atoms with Crippen molar-refractivity contribution in [2.45, 2.75) is 51.4 Å². The van der Waals surface area contributed by atoms with E-state index < -0.39 is 23.9 Å². The van der Waals surface area contributed by atoms with E-state index in [-0.39, 0.29) is 0 Å². The molecule has 1 fully saturated rings. The molecule has 0 atom stereocenters. The van der Waals surface area contributed by atoms with Crippen LogP contribution in [0.5, 0.6) is 0 Å². The summed E-state index contributed by atoms with van der Waals surface area (Å²) in [5.74, 6) is 0. The molecule has 5 aromatic rings. The molecule has 190 valence electrons. The molecule has 0 aliphatic carbocycles.